The molecule has 0 radical (unpaired) electrons. The summed E-state index contributed by atoms with van der Waals surface area (Å²) in [5.74, 6) is 0. The zero-order valence-electron chi connectivity index (χ0n) is 8.06. The van der Waals surface area contributed by atoms with Crippen molar-refractivity contribution < 1.29 is 0 Å². The monoisotopic (exact) mass is 158 g/mol. The molecule has 3 N–H and O–H groups in total. The van der Waals surface area contributed by atoms with E-state index in [4.69, 9.17) is 5.73 Å². The lowest BCUT2D eigenvalue weighted by Gasteiger charge is -2.13. The van der Waals surface area contributed by atoms with Crippen LogP contribution in [0, 0.1) is 0 Å². The van der Waals surface area contributed by atoms with Crippen LogP contribution in [-0.2, 0) is 0 Å². The van der Waals surface area contributed by atoms with E-state index in [1.807, 2.05) is 0 Å². The summed E-state index contributed by atoms with van der Waals surface area (Å²) in [4.78, 5) is 0. The number of nitrogens with two attached hydrogens (primary N) is 1. The van der Waals surface area contributed by atoms with Gasteiger partial charge in [0, 0.05) is 12.1 Å². The van der Waals surface area contributed by atoms with Crippen molar-refractivity contribution in [2.75, 3.05) is 6.54 Å². The van der Waals surface area contributed by atoms with Gasteiger partial charge in [0.2, 0.25) is 0 Å². The maximum atomic E-state index is 5.76. The van der Waals surface area contributed by atoms with Gasteiger partial charge in [-0.25, -0.2) is 0 Å². The van der Waals surface area contributed by atoms with Gasteiger partial charge < -0.3 is 11.1 Å². The number of hydrogen-bond acceptors (Lipinski definition) is 2. The first-order valence-corrected chi connectivity index (χ1v) is 4.69. The van der Waals surface area contributed by atoms with E-state index in [-0.39, 0.29) is 0 Å². The van der Waals surface area contributed by atoms with Crippen molar-refractivity contribution in [2.24, 2.45) is 5.73 Å². The molecule has 0 aliphatic rings. The van der Waals surface area contributed by atoms with Crippen LogP contribution in [0.1, 0.15) is 40.0 Å². The van der Waals surface area contributed by atoms with Crippen LogP contribution in [-0.4, -0.2) is 18.6 Å². The van der Waals surface area contributed by atoms with Gasteiger partial charge in [-0.15, -0.1) is 0 Å². The minimum atomic E-state index is 0.381. The molecule has 2 heteroatoms. The van der Waals surface area contributed by atoms with E-state index in [0.717, 1.165) is 19.4 Å². The van der Waals surface area contributed by atoms with Crippen molar-refractivity contribution in [1.29, 1.82) is 0 Å². The molecule has 68 valence electrons. The van der Waals surface area contributed by atoms with Gasteiger partial charge in [0.05, 0.1) is 0 Å². The van der Waals surface area contributed by atoms with Gasteiger partial charge in [-0.05, 0) is 32.7 Å². The number of hydrogen-bond donors (Lipinski definition) is 2. The maximum absolute atomic E-state index is 5.76. The molecule has 0 aromatic heterocycles. The Kier molecular flexibility index (Phi) is 6.57. The van der Waals surface area contributed by atoms with Crippen LogP contribution in [0.4, 0.5) is 0 Å². The Balaban J connectivity index is 3.13. The van der Waals surface area contributed by atoms with Crippen LogP contribution in [0.3, 0.4) is 0 Å². The first-order chi connectivity index (χ1) is 5.20. The van der Waals surface area contributed by atoms with Gasteiger partial charge in [0.25, 0.3) is 0 Å². The molecule has 0 aromatic rings. The van der Waals surface area contributed by atoms with Gasteiger partial charge in [-0.2, -0.15) is 0 Å². The highest BCUT2D eigenvalue weighted by molar-refractivity contribution is 4.63. The second kappa shape index (κ2) is 6.62. The summed E-state index contributed by atoms with van der Waals surface area (Å²) in [6, 6.07) is 1.02. The van der Waals surface area contributed by atoms with Gasteiger partial charge >= 0.3 is 0 Å². The average molecular weight is 158 g/mol. The molecule has 2 nitrogen and oxygen atoms in total. The minimum Gasteiger partial charge on any atom is -0.328 e. The average Bonchev–Trinajstić information content (AvgIpc) is 2.04. The van der Waals surface area contributed by atoms with Crippen molar-refractivity contribution in [2.45, 2.75) is 52.1 Å². The molecule has 0 rings (SSSR count). The molecule has 0 amide bonds. The van der Waals surface area contributed by atoms with Crippen molar-refractivity contribution in [1.82, 2.24) is 5.32 Å². The molecule has 0 fully saturated rings. The molecular formula is C9H22N2. The summed E-state index contributed by atoms with van der Waals surface area (Å²) >= 11 is 0. The van der Waals surface area contributed by atoms with Crippen LogP contribution in [0.5, 0.6) is 0 Å². The van der Waals surface area contributed by atoms with E-state index in [2.05, 4.69) is 26.1 Å². The first kappa shape index (κ1) is 10.9. The molecule has 11 heavy (non-hydrogen) atoms. The van der Waals surface area contributed by atoms with Gasteiger partial charge in [0.1, 0.15) is 0 Å². The van der Waals surface area contributed by atoms with Crippen molar-refractivity contribution in [3.05, 3.63) is 0 Å². The van der Waals surface area contributed by atoms with Gasteiger partial charge in [-0.1, -0.05) is 13.8 Å². The van der Waals surface area contributed by atoms with Gasteiger partial charge in [0.15, 0.2) is 0 Å². The van der Waals surface area contributed by atoms with Crippen LogP contribution >= 0.6 is 0 Å². The molecule has 0 spiro atoms. The lowest BCUT2D eigenvalue weighted by Crippen LogP contribution is -2.31. The topological polar surface area (TPSA) is 38.0 Å². The fourth-order valence-electron chi connectivity index (χ4n) is 0.864. The van der Waals surface area contributed by atoms with Crippen molar-refractivity contribution >= 4 is 0 Å². The van der Waals surface area contributed by atoms with E-state index in [1.165, 1.54) is 6.42 Å². The van der Waals surface area contributed by atoms with E-state index < -0.39 is 0 Å². The SMILES string of the molecule is CCC(N)CCNC(C)CC. The lowest BCUT2D eigenvalue weighted by atomic mass is 10.1. The summed E-state index contributed by atoms with van der Waals surface area (Å²) < 4.78 is 0. The molecule has 0 saturated carbocycles. The van der Waals surface area contributed by atoms with E-state index in [9.17, 15) is 0 Å². The Bertz CT molecular complexity index is 73.6. The Labute approximate surface area is 70.5 Å². The molecule has 0 aliphatic carbocycles. The lowest BCUT2D eigenvalue weighted by molar-refractivity contribution is 0.488. The third kappa shape index (κ3) is 6.32. The Hall–Kier alpha value is -0.0800. The highest BCUT2D eigenvalue weighted by atomic mass is 14.9. The van der Waals surface area contributed by atoms with Crippen molar-refractivity contribution in [3.63, 3.8) is 0 Å². The predicted octanol–water partition coefficient (Wildman–Crippen LogP) is 1.50. The zero-order valence-corrected chi connectivity index (χ0v) is 8.06. The second-order valence-corrected chi connectivity index (χ2v) is 3.22. The quantitative estimate of drug-likeness (QED) is 0.615. The summed E-state index contributed by atoms with van der Waals surface area (Å²) in [6.07, 6.45) is 3.38. The Morgan fingerprint density at radius 2 is 1.91 bits per heavy atom. The van der Waals surface area contributed by atoms with Crippen LogP contribution in [0.15, 0.2) is 0 Å². The fourth-order valence-corrected chi connectivity index (χ4v) is 0.864. The predicted molar refractivity (Wildman–Crippen MR) is 50.6 cm³/mol. The largest absolute Gasteiger partial charge is 0.328 e. The van der Waals surface area contributed by atoms with E-state index in [1.54, 1.807) is 0 Å². The molecule has 2 unspecified atom stereocenters. The fraction of sp³-hybridized carbons (Fsp3) is 1.00. The summed E-state index contributed by atoms with van der Waals surface area (Å²) in [7, 11) is 0. The molecule has 2 atom stereocenters. The van der Waals surface area contributed by atoms with Crippen molar-refractivity contribution in [3.8, 4) is 0 Å². The minimum absolute atomic E-state index is 0.381. The maximum Gasteiger partial charge on any atom is 0.00482 e. The Morgan fingerprint density at radius 3 is 2.36 bits per heavy atom. The number of nitrogens with one attached hydrogen (secondary N) is 1. The molecule has 0 heterocycles. The van der Waals surface area contributed by atoms with E-state index in [0.29, 0.717) is 12.1 Å². The molecule has 0 bridgehead atoms. The zero-order chi connectivity index (χ0) is 8.69. The third-order valence-corrected chi connectivity index (χ3v) is 2.14. The molecule has 0 aliphatic heterocycles. The highest BCUT2D eigenvalue weighted by Gasteiger charge is 2.00. The molecule has 0 aromatic carbocycles. The second-order valence-electron chi connectivity index (χ2n) is 3.22. The summed E-state index contributed by atoms with van der Waals surface area (Å²) in [5, 5.41) is 3.42. The van der Waals surface area contributed by atoms with E-state index >= 15 is 0 Å². The molecular weight excluding hydrogens is 136 g/mol. The summed E-state index contributed by atoms with van der Waals surface area (Å²) in [6.45, 7) is 7.59. The Morgan fingerprint density at radius 1 is 1.27 bits per heavy atom. The summed E-state index contributed by atoms with van der Waals surface area (Å²) in [5.41, 5.74) is 5.76. The molecule has 0 saturated heterocycles. The smallest absolute Gasteiger partial charge is 0.00482 e. The van der Waals surface area contributed by atoms with Crippen LogP contribution in [0.25, 0.3) is 0 Å². The standard InChI is InChI=1S/C9H22N2/c1-4-8(3)11-7-6-9(10)5-2/h8-9,11H,4-7,10H2,1-3H3. The van der Waals surface area contributed by atoms with Gasteiger partial charge in [-0.3, -0.25) is 0 Å². The number of rotatable bonds is 6. The van der Waals surface area contributed by atoms with Crippen LogP contribution in [0.2, 0.25) is 0 Å². The van der Waals surface area contributed by atoms with Crippen LogP contribution < -0.4 is 11.1 Å². The highest BCUT2D eigenvalue weighted by Crippen LogP contribution is 1.93. The first-order valence-electron chi connectivity index (χ1n) is 4.69. The third-order valence-electron chi connectivity index (χ3n) is 2.14. The normalized spacial score (nSPS) is 16.4.